The number of hydrogen-bond acceptors (Lipinski definition) is 5. The van der Waals surface area contributed by atoms with Crippen LogP contribution in [0.5, 0.6) is 5.75 Å². The second-order valence-electron chi connectivity index (χ2n) is 11.3. The lowest BCUT2D eigenvalue weighted by Gasteiger charge is -2.19. The van der Waals surface area contributed by atoms with Crippen LogP contribution in [-0.4, -0.2) is 36.7 Å². The predicted molar refractivity (Wildman–Crippen MR) is 160 cm³/mol. The molecule has 0 saturated heterocycles. The first-order chi connectivity index (χ1) is 19.5. The Hall–Kier alpha value is -4.27. The number of ether oxygens (including phenoxy) is 1. The van der Waals surface area contributed by atoms with Gasteiger partial charge in [-0.25, -0.2) is 18.6 Å². The minimum atomic E-state index is -0.852. The van der Waals surface area contributed by atoms with E-state index in [2.05, 4.69) is 36.4 Å². The summed E-state index contributed by atoms with van der Waals surface area (Å²) in [7, 11) is 3.59. The number of methoxy groups -OCH3 is 1. The third kappa shape index (κ3) is 7.48. The quantitative estimate of drug-likeness (QED) is 0.224. The third-order valence-corrected chi connectivity index (χ3v) is 6.82. The highest BCUT2D eigenvalue weighted by atomic mass is 19.1. The van der Waals surface area contributed by atoms with E-state index in [1.165, 1.54) is 6.07 Å². The van der Waals surface area contributed by atoms with Crippen molar-refractivity contribution in [3.63, 3.8) is 0 Å². The first-order valence-electron chi connectivity index (χ1n) is 13.7. The maximum absolute atomic E-state index is 15.1. The smallest absolute Gasteiger partial charge is 0.319 e. The third-order valence-electron chi connectivity index (χ3n) is 6.82. The summed E-state index contributed by atoms with van der Waals surface area (Å²) in [5, 5.41) is 5.97. The number of nitrogens with one attached hydrogen (secondary N) is 2. The molecule has 2 amide bonds. The summed E-state index contributed by atoms with van der Waals surface area (Å²) < 4.78 is 35.0. The highest BCUT2D eigenvalue weighted by Gasteiger charge is 2.18. The van der Waals surface area contributed by atoms with E-state index in [1.807, 2.05) is 55.3 Å². The summed E-state index contributed by atoms with van der Waals surface area (Å²) in [4.78, 5) is 23.8. The minimum absolute atomic E-state index is 0.0444. The summed E-state index contributed by atoms with van der Waals surface area (Å²) in [6.45, 7) is 9.21. The number of benzene rings is 2. The number of aryl methyl sites for hydroxylation is 1. The SMILES string of the molecule is CCc1nc2cc(N(C)Cc3ccc(OC)cc3)ncc2cc1-c1cc(NC(=O)NCCC(C)(C)C)c(F)cc1F. The van der Waals surface area contributed by atoms with Gasteiger partial charge in [0.25, 0.3) is 0 Å². The van der Waals surface area contributed by atoms with E-state index in [-0.39, 0.29) is 16.7 Å². The molecule has 2 aromatic carbocycles. The number of carbonyl (C=O) groups excluding carboxylic acids is 1. The monoisotopic (exact) mass is 561 g/mol. The lowest BCUT2D eigenvalue weighted by molar-refractivity contribution is 0.250. The van der Waals surface area contributed by atoms with Gasteiger partial charge in [0, 0.05) is 60.7 Å². The Kier molecular flexibility index (Phi) is 9.05. The van der Waals surface area contributed by atoms with Crippen molar-refractivity contribution in [2.24, 2.45) is 5.41 Å². The van der Waals surface area contributed by atoms with Crippen LogP contribution < -0.4 is 20.3 Å². The van der Waals surface area contributed by atoms with Gasteiger partial charge in [-0.3, -0.25) is 4.98 Å². The van der Waals surface area contributed by atoms with Gasteiger partial charge in [-0.15, -0.1) is 0 Å². The van der Waals surface area contributed by atoms with Crippen molar-refractivity contribution in [2.75, 3.05) is 30.9 Å². The Morgan fingerprint density at radius 1 is 1.02 bits per heavy atom. The molecular formula is C32H37F2N5O2. The summed E-state index contributed by atoms with van der Waals surface area (Å²) in [5.41, 5.74) is 3.09. The number of amides is 2. The molecule has 0 radical (unpaired) electrons. The van der Waals surface area contributed by atoms with Crippen LogP contribution in [-0.2, 0) is 13.0 Å². The van der Waals surface area contributed by atoms with Crippen LogP contribution in [0.2, 0.25) is 0 Å². The Morgan fingerprint density at radius 3 is 2.41 bits per heavy atom. The number of carbonyl (C=O) groups is 1. The zero-order valence-corrected chi connectivity index (χ0v) is 24.4. The molecule has 4 rings (SSSR count). The van der Waals surface area contributed by atoms with Crippen LogP contribution in [0.1, 0.15) is 45.4 Å². The van der Waals surface area contributed by atoms with Gasteiger partial charge in [0.2, 0.25) is 0 Å². The fourth-order valence-electron chi connectivity index (χ4n) is 4.46. The molecule has 216 valence electrons. The normalized spacial score (nSPS) is 11.4. The summed E-state index contributed by atoms with van der Waals surface area (Å²) in [6, 6.07) is 13.1. The molecule has 0 aliphatic rings. The van der Waals surface area contributed by atoms with Gasteiger partial charge in [0.15, 0.2) is 0 Å². The second-order valence-corrected chi connectivity index (χ2v) is 11.3. The van der Waals surface area contributed by atoms with Crippen LogP contribution in [0.4, 0.5) is 25.1 Å². The first kappa shape index (κ1) is 29.7. The van der Waals surface area contributed by atoms with Gasteiger partial charge in [0.1, 0.15) is 23.2 Å². The largest absolute Gasteiger partial charge is 0.497 e. The Bertz CT molecular complexity index is 1530. The Balaban J connectivity index is 1.59. The highest BCUT2D eigenvalue weighted by Crippen LogP contribution is 2.33. The molecule has 0 fully saturated rings. The summed E-state index contributed by atoms with van der Waals surface area (Å²) in [6.07, 6.45) is 2.99. The summed E-state index contributed by atoms with van der Waals surface area (Å²) in [5.74, 6) is -0.0456. The molecule has 0 atom stereocenters. The molecule has 41 heavy (non-hydrogen) atoms. The number of nitrogens with zero attached hydrogens (tertiary/aromatic N) is 3. The molecule has 0 bridgehead atoms. The maximum Gasteiger partial charge on any atom is 0.319 e. The summed E-state index contributed by atoms with van der Waals surface area (Å²) >= 11 is 0. The van der Waals surface area contributed by atoms with Gasteiger partial charge < -0.3 is 20.3 Å². The number of pyridine rings is 2. The number of halogens is 2. The highest BCUT2D eigenvalue weighted by molar-refractivity contribution is 5.91. The number of fused-ring (bicyclic) bond motifs is 1. The van der Waals surface area contributed by atoms with E-state index in [9.17, 15) is 9.18 Å². The maximum atomic E-state index is 15.1. The minimum Gasteiger partial charge on any atom is -0.497 e. The average molecular weight is 562 g/mol. The molecule has 0 aliphatic heterocycles. The molecule has 0 saturated carbocycles. The number of hydrogen-bond donors (Lipinski definition) is 2. The fraction of sp³-hybridized carbons (Fsp3) is 0.344. The molecule has 2 aromatic heterocycles. The van der Waals surface area contributed by atoms with E-state index in [0.717, 1.165) is 40.5 Å². The standard InChI is InChI=1S/C32H37F2N5O2/c1-7-27-24(23-15-29(26(34)16-25(23)33)38-31(40)35-13-12-32(2,3)4)14-21-18-36-30(17-28(21)37-27)39(5)19-20-8-10-22(41-6)11-9-20/h8-11,14-18H,7,12-13,19H2,1-6H3,(H2,35,38,40). The van der Waals surface area contributed by atoms with E-state index >= 15 is 4.39 Å². The van der Waals surface area contributed by atoms with Crippen molar-refractivity contribution < 1.29 is 18.3 Å². The van der Waals surface area contributed by atoms with Crippen LogP contribution in [0.25, 0.3) is 22.0 Å². The molecular weight excluding hydrogens is 524 g/mol. The van der Waals surface area contributed by atoms with Crippen LogP contribution in [0.15, 0.2) is 54.7 Å². The number of urea groups is 1. The lowest BCUT2D eigenvalue weighted by atomic mass is 9.92. The van der Waals surface area contributed by atoms with Gasteiger partial charge >= 0.3 is 6.03 Å². The van der Waals surface area contributed by atoms with Crippen molar-refractivity contribution in [3.05, 3.63) is 77.6 Å². The molecule has 7 nitrogen and oxygen atoms in total. The molecule has 0 aliphatic carbocycles. The van der Waals surface area contributed by atoms with E-state index in [0.29, 0.717) is 30.8 Å². The number of anilines is 2. The lowest BCUT2D eigenvalue weighted by Crippen LogP contribution is -2.31. The molecule has 2 heterocycles. The topological polar surface area (TPSA) is 79.4 Å². The van der Waals surface area contributed by atoms with Crippen molar-refractivity contribution in [1.29, 1.82) is 0 Å². The van der Waals surface area contributed by atoms with Gasteiger partial charge in [0.05, 0.1) is 18.3 Å². The Morgan fingerprint density at radius 2 is 1.76 bits per heavy atom. The van der Waals surface area contributed by atoms with Crippen molar-refractivity contribution in [1.82, 2.24) is 15.3 Å². The number of aromatic nitrogens is 2. The van der Waals surface area contributed by atoms with E-state index in [4.69, 9.17) is 9.72 Å². The molecule has 0 spiro atoms. The van der Waals surface area contributed by atoms with Gasteiger partial charge in [-0.1, -0.05) is 39.8 Å². The van der Waals surface area contributed by atoms with Crippen LogP contribution in [0, 0.1) is 17.0 Å². The molecule has 4 aromatic rings. The van der Waals surface area contributed by atoms with E-state index in [1.54, 1.807) is 13.3 Å². The van der Waals surface area contributed by atoms with Gasteiger partial charge in [-0.2, -0.15) is 0 Å². The van der Waals surface area contributed by atoms with Gasteiger partial charge in [-0.05, 0) is 48.1 Å². The number of rotatable bonds is 9. The van der Waals surface area contributed by atoms with Crippen LogP contribution >= 0.6 is 0 Å². The first-order valence-corrected chi connectivity index (χ1v) is 13.7. The van der Waals surface area contributed by atoms with Crippen molar-refractivity contribution >= 4 is 28.4 Å². The molecule has 2 N–H and O–H groups in total. The fourth-order valence-corrected chi connectivity index (χ4v) is 4.46. The molecule has 0 unspecified atom stereocenters. The average Bonchev–Trinajstić information content (AvgIpc) is 2.93. The zero-order valence-electron chi connectivity index (χ0n) is 24.4. The van der Waals surface area contributed by atoms with Crippen LogP contribution in [0.3, 0.4) is 0 Å². The predicted octanol–water partition coefficient (Wildman–Crippen LogP) is 7.34. The zero-order chi connectivity index (χ0) is 29.7. The second kappa shape index (κ2) is 12.5. The Labute approximate surface area is 240 Å². The van der Waals surface area contributed by atoms with Crippen molar-refractivity contribution in [2.45, 2.75) is 47.1 Å². The van der Waals surface area contributed by atoms with Crippen molar-refractivity contribution in [3.8, 4) is 16.9 Å². The van der Waals surface area contributed by atoms with E-state index < -0.39 is 17.7 Å². The molecule has 9 heteroatoms.